The van der Waals surface area contributed by atoms with Crippen LogP contribution in [0.5, 0.6) is 0 Å². The van der Waals surface area contributed by atoms with Crippen molar-refractivity contribution in [3.05, 3.63) is 45.0 Å². The lowest BCUT2D eigenvalue weighted by Gasteiger charge is -2.10. The third-order valence-corrected chi connectivity index (χ3v) is 5.16. The molecule has 9 heteroatoms. The molecule has 0 amide bonds. The predicted molar refractivity (Wildman–Crippen MR) is 89.6 cm³/mol. The number of carbonyl (C=O) groups excluding carboxylic acids is 2. The number of nitro groups is 1. The van der Waals surface area contributed by atoms with Crippen LogP contribution in [-0.2, 0) is 9.53 Å². The second-order valence-electron chi connectivity index (χ2n) is 4.95. The highest BCUT2D eigenvalue weighted by Crippen LogP contribution is 2.36. The van der Waals surface area contributed by atoms with Gasteiger partial charge in [0.05, 0.1) is 15.4 Å². The van der Waals surface area contributed by atoms with Gasteiger partial charge in [0.15, 0.2) is 16.2 Å². The Morgan fingerprint density at radius 2 is 2.12 bits per heavy atom. The van der Waals surface area contributed by atoms with Gasteiger partial charge in [-0.15, -0.1) is 11.3 Å². The fourth-order valence-corrected chi connectivity index (χ4v) is 3.54. The highest BCUT2D eigenvalue weighted by molar-refractivity contribution is 8.01. The Morgan fingerprint density at radius 3 is 2.67 bits per heavy atom. The summed E-state index contributed by atoms with van der Waals surface area (Å²) >= 11 is 2.55. The van der Waals surface area contributed by atoms with Gasteiger partial charge < -0.3 is 4.74 Å². The Hall–Kier alpha value is -2.26. The summed E-state index contributed by atoms with van der Waals surface area (Å²) < 4.78 is 5.64. The topological polar surface area (TPSA) is 99.4 Å². The number of aryl methyl sites for hydroxylation is 1. The van der Waals surface area contributed by atoms with Crippen molar-refractivity contribution in [1.29, 1.82) is 0 Å². The lowest BCUT2D eigenvalue weighted by Crippen LogP contribution is -2.21. The molecular formula is C15H14N2O5S2. The van der Waals surface area contributed by atoms with Crippen molar-refractivity contribution in [2.24, 2.45) is 0 Å². The zero-order chi connectivity index (χ0) is 17.9. The van der Waals surface area contributed by atoms with E-state index in [9.17, 15) is 19.7 Å². The molecule has 0 N–H and O–H groups in total. The molecule has 0 radical (unpaired) electrons. The number of Topliss-reactive ketones (excluding diaryl/α,β-unsaturated/α-hetero) is 1. The van der Waals surface area contributed by atoms with E-state index in [4.69, 9.17) is 4.74 Å². The standard InChI is InChI=1S/C15H14N2O5S2/c1-8-7-23-15(16-8)24-13-5-4-11(6-12(13)17(20)21)14(19)22-10(3)9(2)18/h4-7,10H,1-3H3. The van der Waals surface area contributed by atoms with Crippen molar-refractivity contribution in [3.8, 4) is 0 Å². The average Bonchev–Trinajstić information content (AvgIpc) is 2.92. The van der Waals surface area contributed by atoms with E-state index in [1.165, 1.54) is 37.3 Å². The lowest BCUT2D eigenvalue weighted by atomic mass is 10.2. The zero-order valence-electron chi connectivity index (χ0n) is 13.1. The molecule has 0 aliphatic carbocycles. The van der Waals surface area contributed by atoms with E-state index in [1.54, 1.807) is 0 Å². The Balaban J connectivity index is 2.27. The number of benzene rings is 1. The fourth-order valence-electron chi connectivity index (χ4n) is 1.66. The van der Waals surface area contributed by atoms with Crippen LogP contribution in [0.1, 0.15) is 29.9 Å². The second kappa shape index (κ2) is 7.54. The number of nitrogens with zero attached hydrogens (tertiary/aromatic N) is 2. The van der Waals surface area contributed by atoms with Crippen molar-refractivity contribution in [1.82, 2.24) is 4.98 Å². The molecule has 7 nitrogen and oxygen atoms in total. The molecule has 24 heavy (non-hydrogen) atoms. The number of thiazole rings is 1. The van der Waals surface area contributed by atoms with Gasteiger partial charge in [-0.2, -0.15) is 0 Å². The Kier molecular flexibility index (Phi) is 5.68. The van der Waals surface area contributed by atoms with Crippen molar-refractivity contribution < 1.29 is 19.2 Å². The number of ether oxygens (including phenoxy) is 1. The van der Waals surface area contributed by atoms with Crippen molar-refractivity contribution in [2.75, 3.05) is 0 Å². The van der Waals surface area contributed by atoms with Crippen LogP contribution >= 0.6 is 23.1 Å². The molecule has 1 heterocycles. The Labute approximate surface area is 146 Å². The van der Waals surface area contributed by atoms with E-state index in [0.717, 1.165) is 23.5 Å². The van der Waals surface area contributed by atoms with E-state index in [0.29, 0.717) is 9.24 Å². The van der Waals surface area contributed by atoms with Gasteiger partial charge in [-0.25, -0.2) is 9.78 Å². The molecule has 0 fully saturated rings. The molecule has 2 aromatic rings. The monoisotopic (exact) mass is 366 g/mol. The number of ketones is 1. The summed E-state index contributed by atoms with van der Waals surface area (Å²) in [5.74, 6) is -1.08. The number of hydrogen-bond donors (Lipinski definition) is 0. The molecule has 0 saturated carbocycles. The maximum atomic E-state index is 12.0. The van der Waals surface area contributed by atoms with Gasteiger partial charge in [0.25, 0.3) is 5.69 Å². The highest BCUT2D eigenvalue weighted by Gasteiger charge is 2.22. The first-order valence-electron chi connectivity index (χ1n) is 6.87. The molecule has 0 bridgehead atoms. The highest BCUT2D eigenvalue weighted by atomic mass is 32.2. The van der Waals surface area contributed by atoms with Crippen LogP contribution in [0.4, 0.5) is 5.69 Å². The molecule has 126 valence electrons. The van der Waals surface area contributed by atoms with Gasteiger partial charge >= 0.3 is 5.97 Å². The predicted octanol–water partition coefficient (Wildman–Crippen LogP) is 3.65. The molecule has 0 spiro atoms. The molecular weight excluding hydrogens is 352 g/mol. The fraction of sp³-hybridized carbons (Fsp3) is 0.267. The van der Waals surface area contributed by atoms with Crippen molar-refractivity contribution in [3.63, 3.8) is 0 Å². The third kappa shape index (κ3) is 4.39. The molecule has 1 atom stereocenters. The molecule has 0 aliphatic rings. The minimum atomic E-state index is -0.899. The molecule has 0 saturated heterocycles. The van der Waals surface area contributed by atoms with Gasteiger partial charge in [-0.1, -0.05) is 11.8 Å². The minimum absolute atomic E-state index is 0.0227. The largest absolute Gasteiger partial charge is 0.451 e. The van der Waals surface area contributed by atoms with Crippen LogP contribution in [0.25, 0.3) is 0 Å². The van der Waals surface area contributed by atoms with Gasteiger partial charge in [-0.05, 0) is 32.9 Å². The third-order valence-electron chi connectivity index (χ3n) is 3.04. The van der Waals surface area contributed by atoms with Gasteiger partial charge in [0, 0.05) is 17.1 Å². The molecule has 0 aliphatic heterocycles. The average molecular weight is 366 g/mol. The van der Waals surface area contributed by atoms with E-state index in [1.807, 2.05) is 12.3 Å². The number of aromatic nitrogens is 1. The van der Waals surface area contributed by atoms with Crippen LogP contribution < -0.4 is 0 Å². The lowest BCUT2D eigenvalue weighted by molar-refractivity contribution is -0.387. The van der Waals surface area contributed by atoms with Gasteiger partial charge in [-0.3, -0.25) is 14.9 Å². The summed E-state index contributed by atoms with van der Waals surface area (Å²) in [5.41, 5.74) is 0.649. The summed E-state index contributed by atoms with van der Waals surface area (Å²) in [7, 11) is 0. The number of esters is 1. The van der Waals surface area contributed by atoms with Crippen molar-refractivity contribution in [2.45, 2.75) is 36.1 Å². The summed E-state index contributed by atoms with van der Waals surface area (Å²) in [6.07, 6.45) is -0.899. The van der Waals surface area contributed by atoms with E-state index in [2.05, 4.69) is 4.98 Å². The minimum Gasteiger partial charge on any atom is -0.451 e. The van der Waals surface area contributed by atoms with Crippen LogP contribution in [0.3, 0.4) is 0 Å². The van der Waals surface area contributed by atoms with Crippen LogP contribution in [0.15, 0.2) is 32.8 Å². The number of nitro benzene ring substituents is 1. The van der Waals surface area contributed by atoms with Gasteiger partial charge in [0.2, 0.25) is 0 Å². The number of rotatable bonds is 6. The molecule has 2 rings (SSSR count). The Bertz CT molecular complexity index is 803. The van der Waals surface area contributed by atoms with Crippen LogP contribution in [-0.4, -0.2) is 27.8 Å². The van der Waals surface area contributed by atoms with Crippen LogP contribution in [0.2, 0.25) is 0 Å². The zero-order valence-corrected chi connectivity index (χ0v) is 14.8. The second-order valence-corrected chi connectivity index (χ2v) is 7.10. The smallest absolute Gasteiger partial charge is 0.339 e. The first-order valence-corrected chi connectivity index (χ1v) is 8.57. The quantitative estimate of drug-likeness (QED) is 0.437. The van der Waals surface area contributed by atoms with Crippen LogP contribution in [0, 0.1) is 17.0 Å². The molecule has 1 unspecified atom stereocenters. The van der Waals surface area contributed by atoms with Gasteiger partial charge in [0.1, 0.15) is 0 Å². The summed E-state index contributed by atoms with van der Waals surface area (Å²) in [5, 5.41) is 13.1. The van der Waals surface area contributed by atoms with E-state index < -0.39 is 17.0 Å². The summed E-state index contributed by atoms with van der Waals surface area (Å²) in [4.78, 5) is 38.5. The van der Waals surface area contributed by atoms with E-state index >= 15 is 0 Å². The maximum absolute atomic E-state index is 12.0. The molecule has 1 aromatic carbocycles. The molecule has 1 aromatic heterocycles. The summed E-state index contributed by atoms with van der Waals surface area (Å²) in [6.45, 7) is 4.59. The first-order chi connectivity index (χ1) is 11.3. The number of hydrogen-bond acceptors (Lipinski definition) is 8. The Morgan fingerprint density at radius 1 is 1.42 bits per heavy atom. The number of carbonyl (C=O) groups is 2. The SMILES string of the molecule is CC(=O)C(C)OC(=O)c1ccc(Sc2nc(C)cs2)c([N+](=O)[O-])c1. The first kappa shape index (κ1) is 18.1. The van der Waals surface area contributed by atoms with Crippen molar-refractivity contribution >= 4 is 40.5 Å². The summed E-state index contributed by atoms with van der Waals surface area (Å²) in [6, 6.07) is 4.07. The maximum Gasteiger partial charge on any atom is 0.339 e. The normalized spacial score (nSPS) is 11.8. The van der Waals surface area contributed by atoms with E-state index in [-0.39, 0.29) is 17.0 Å².